The summed E-state index contributed by atoms with van der Waals surface area (Å²) in [5, 5.41) is 3.23. The Hall–Kier alpha value is -2.00. The number of fused-ring (bicyclic) bond motifs is 1. The molecule has 2 heterocycles. The summed E-state index contributed by atoms with van der Waals surface area (Å²) in [7, 11) is 0. The standard InChI is InChI=1S/C18H17BrFN5OS/c19-11-7-22-15(23-8-11)16(26)24-12-3-4-14(20)13(6-12)18-5-1-2-10(18)9-27-17(21)25-18/h3-4,6-8,10H,1-2,5,9H2,(H2,21,25)(H,24,26)/t10-,18-/m0/s1. The van der Waals surface area contributed by atoms with Gasteiger partial charge < -0.3 is 11.1 Å². The van der Waals surface area contributed by atoms with Crippen molar-refractivity contribution in [2.75, 3.05) is 11.1 Å². The molecule has 2 aliphatic rings. The highest BCUT2D eigenvalue weighted by Crippen LogP contribution is 2.51. The molecule has 140 valence electrons. The number of halogens is 2. The Morgan fingerprint density at radius 1 is 1.37 bits per heavy atom. The molecule has 2 aromatic rings. The van der Waals surface area contributed by atoms with Crippen LogP contribution in [0.2, 0.25) is 0 Å². The highest BCUT2D eigenvalue weighted by molar-refractivity contribution is 9.10. The first-order chi connectivity index (χ1) is 13.0. The van der Waals surface area contributed by atoms with Crippen LogP contribution in [0.5, 0.6) is 0 Å². The summed E-state index contributed by atoms with van der Waals surface area (Å²) in [6.45, 7) is 0. The molecule has 0 spiro atoms. The van der Waals surface area contributed by atoms with Crippen LogP contribution in [0.25, 0.3) is 0 Å². The van der Waals surface area contributed by atoms with Crippen LogP contribution in [-0.4, -0.2) is 26.8 Å². The van der Waals surface area contributed by atoms with Crippen molar-refractivity contribution < 1.29 is 9.18 Å². The molecule has 1 saturated carbocycles. The summed E-state index contributed by atoms with van der Waals surface area (Å²) in [6.07, 6.45) is 5.72. The maximum atomic E-state index is 14.8. The average Bonchev–Trinajstić information content (AvgIpc) is 3.07. The first kappa shape index (κ1) is 18.4. The van der Waals surface area contributed by atoms with E-state index in [1.165, 1.54) is 36.3 Å². The van der Waals surface area contributed by atoms with Crippen LogP contribution in [0, 0.1) is 11.7 Å². The van der Waals surface area contributed by atoms with Crippen molar-refractivity contribution in [2.45, 2.75) is 24.8 Å². The summed E-state index contributed by atoms with van der Waals surface area (Å²) in [4.78, 5) is 25.0. The number of aromatic nitrogens is 2. The van der Waals surface area contributed by atoms with E-state index in [1.54, 1.807) is 6.07 Å². The maximum absolute atomic E-state index is 14.8. The molecule has 0 saturated heterocycles. The summed E-state index contributed by atoms with van der Waals surface area (Å²) in [5.74, 6) is 0.325. The Bertz CT molecular complexity index is 922. The smallest absolute Gasteiger partial charge is 0.293 e. The van der Waals surface area contributed by atoms with E-state index in [4.69, 9.17) is 5.73 Å². The van der Waals surface area contributed by atoms with Crippen LogP contribution < -0.4 is 11.1 Å². The van der Waals surface area contributed by atoms with E-state index < -0.39 is 11.4 Å². The number of nitrogens with one attached hydrogen (secondary N) is 1. The molecule has 0 unspecified atom stereocenters. The molecule has 0 bridgehead atoms. The first-order valence-corrected chi connectivity index (χ1v) is 10.3. The van der Waals surface area contributed by atoms with Gasteiger partial charge in [-0.2, -0.15) is 0 Å². The van der Waals surface area contributed by atoms with Crippen LogP contribution in [0.4, 0.5) is 10.1 Å². The minimum atomic E-state index is -0.645. The van der Waals surface area contributed by atoms with E-state index in [2.05, 4.69) is 36.2 Å². The van der Waals surface area contributed by atoms with Gasteiger partial charge in [-0.15, -0.1) is 0 Å². The number of benzene rings is 1. The van der Waals surface area contributed by atoms with Crippen molar-refractivity contribution >= 4 is 44.5 Å². The zero-order valence-corrected chi connectivity index (χ0v) is 16.7. The maximum Gasteiger partial charge on any atom is 0.293 e. The molecule has 1 amide bonds. The van der Waals surface area contributed by atoms with Gasteiger partial charge in [-0.3, -0.25) is 9.79 Å². The fourth-order valence-corrected chi connectivity index (χ4v) is 5.06. The van der Waals surface area contributed by atoms with Crippen LogP contribution >= 0.6 is 27.7 Å². The number of hydrogen-bond donors (Lipinski definition) is 2. The molecule has 6 nitrogen and oxygen atoms in total. The van der Waals surface area contributed by atoms with Crippen molar-refractivity contribution in [1.82, 2.24) is 9.97 Å². The minimum Gasteiger partial charge on any atom is -0.379 e. The Kier molecular flexibility index (Phi) is 4.90. The number of amidine groups is 1. The molecule has 0 radical (unpaired) electrons. The van der Waals surface area contributed by atoms with Gasteiger partial charge in [0.25, 0.3) is 5.91 Å². The lowest BCUT2D eigenvalue weighted by Crippen LogP contribution is -2.37. The molecule has 1 fully saturated rings. The molecule has 1 aromatic heterocycles. The highest BCUT2D eigenvalue weighted by Gasteiger charge is 2.48. The number of nitrogens with two attached hydrogens (primary N) is 1. The van der Waals surface area contributed by atoms with Crippen molar-refractivity contribution in [2.24, 2.45) is 16.6 Å². The summed E-state index contributed by atoms with van der Waals surface area (Å²) >= 11 is 4.75. The van der Waals surface area contributed by atoms with Gasteiger partial charge in [-0.25, -0.2) is 14.4 Å². The molecule has 27 heavy (non-hydrogen) atoms. The van der Waals surface area contributed by atoms with Crippen LogP contribution in [0.3, 0.4) is 0 Å². The lowest BCUT2D eigenvalue weighted by molar-refractivity contribution is 0.101. The lowest BCUT2D eigenvalue weighted by Gasteiger charge is -2.36. The molecular weight excluding hydrogens is 433 g/mol. The Balaban J connectivity index is 1.67. The fraction of sp³-hybridized carbons (Fsp3) is 0.333. The predicted molar refractivity (Wildman–Crippen MR) is 107 cm³/mol. The SMILES string of the molecule is NC1=N[C@@]2(c3cc(NC(=O)c4ncc(Br)cn4)ccc3F)CCC[C@H]2CS1. The molecule has 1 aliphatic carbocycles. The largest absolute Gasteiger partial charge is 0.379 e. The van der Waals surface area contributed by atoms with Crippen molar-refractivity contribution in [3.05, 3.63) is 52.3 Å². The van der Waals surface area contributed by atoms with Gasteiger partial charge in [-0.1, -0.05) is 18.2 Å². The number of aliphatic imine (C=N–C) groups is 1. The second kappa shape index (κ2) is 7.20. The predicted octanol–water partition coefficient (Wildman–Crippen LogP) is 3.69. The van der Waals surface area contributed by atoms with Gasteiger partial charge in [0.2, 0.25) is 5.82 Å². The van der Waals surface area contributed by atoms with Crippen LogP contribution in [0.1, 0.15) is 35.4 Å². The third-order valence-electron chi connectivity index (χ3n) is 5.04. The summed E-state index contributed by atoms with van der Waals surface area (Å²) in [5.41, 5.74) is 6.30. The summed E-state index contributed by atoms with van der Waals surface area (Å²) in [6, 6.07) is 4.56. The zero-order chi connectivity index (χ0) is 19.0. The summed E-state index contributed by atoms with van der Waals surface area (Å²) < 4.78 is 15.4. The zero-order valence-electron chi connectivity index (χ0n) is 14.3. The van der Waals surface area contributed by atoms with E-state index in [9.17, 15) is 9.18 Å². The molecule has 4 rings (SSSR count). The van der Waals surface area contributed by atoms with Gasteiger partial charge in [0.15, 0.2) is 5.17 Å². The number of anilines is 1. The quantitative estimate of drug-likeness (QED) is 0.744. The molecule has 1 aromatic carbocycles. The number of amides is 1. The van der Waals surface area contributed by atoms with Crippen LogP contribution in [-0.2, 0) is 5.54 Å². The third kappa shape index (κ3) is 3.45. The molecule has 9 heteroatoms. The molecule has 2 atom stereocenters. The van der Waals surface area contributed by atoms with Gasteiger partial charge in [0, 0.05) is 29.4 Å². The number of carbonyl (C=O) groups is 1. The normalized spacial score (nSPS) is 24.2. The van der Waals surface area contributed by atoms with Gasteiger partial charge in [0.1, 0.15) is 5.82 Å². The number of rotatable bonds is 3. The number of nitrogens with zero attached hydrogens (tertiary/aromatic N) is 3. The topological polar surface area (TPSA) is 93.3 Å². The van der Waals surface area contributed by atoms with Crippen molar-refractivity contribution in [3.63, 3.8) is 0 Å². The van der Waals surface area contributed by atoms with Gasteiger partial charge in [0.05, 0.1) is 10.0 Å². The van der Waals surface area contributed by atoms with Crippen molar-refractivity contribution in [1.29, 1.82) is 0 Å². The van der Waals surface area contributed by atoms with Crippen molar-refractivity contribution in [3.8, 4) is 0 Å². The number of thioether (sulfide) groups is 1. The first-order valence-electron chi connectivity index (χ1n) is 8.55. The molecule has 1 aliphatic heterocycles. The van der Waals surface area contributed by atoms with E-state index in [1.807, 2.05) is 0 Å². The van der Waals surface area contributed by atoms with E-state index in [0.717, 1.165) is 25.0 Å². The van der Waals surface area contributed by atoms with Gasteiger partial charge in [-0.05, 0) is 52.9 Å². The second-order valence-electron chi connectivity index (χ2n) is 6.65. The minimum absolute atomic E-state index is 0.0392. The number of hydrogen-bond acceptors (Lipinski definition) is 6. The van der Waals surface area contributed by atoms with Gasteiger partial charge >= 0.3 is 0 Å². The third-order valence-corrected chi connectivity index (χ3v) is 6.41. The van der Waals surface area contributed by atoms with E-state index >= 15 is 0 Å². The highest BCUT2D eigenvalue weighted by atomic mass is 79.9. The fourth-order valence-electron chi connectivity index (χ4n) is 3.81. The Labute approximate surface area is 168 Å². The van der Waals surface area contributed by atoms with Crippen LogP contribution in [0.15, 0.2) is 40.1 Å². The Morgan fingerprint density at radius 2 is 2.15 bits per heavy atom. The lowest BCUT2D eigenvalue weighted by atomic mass is 9.81. The Morgan fingerprint density at radius 3 is 2.93 bits per heavy atom. The number of carbonyl (C=O) groups excluding carboxylic acids is 1. The average molecular weight is 450 g/mol. The second-order valence-corrected chi connectivity index (χ2v) is 8.60. The molecule has 3 N–H and O–H groups in total. The monoisotopic (exact) mass is 449 g/mol. The van der Waals surface area contributed by atoms with E-state index in [0.29, 0.717) is 20.9 Å². The van der Waals surface area contributed by atoms with E-state index in [-0.39, 0.29) is 17.6 Å². The molecular formula is C18H17BrFN5OS.